The lowest BCUT2D eigenvalue weighted by Crippen LogP contribution is -2.42. The van der Waals surface area contributed by atoms with Crippen molar-refractivity contribution in [2.45, 2.75) is 44.7 Å². The summed E-state index contributed by atoms with van der Waals surface area (Å²) < 4.78 is 70.0. The molecule has 0 radical (unpaired) electrons. The smallest absolute Gasteiger partial charge is 0.433 e. The summed E-state index contributed by atoms with van der Waals surface area (Å²) in [6.45, 7) is 2.84. The van der Waals surface area contributed by atoms with E-state index in [4.69, 9.17) is 19.6 Å². The van der Waals surface area contributed by atoms with Crippen molar-refractivity contribution in [1.82, 2.24) is 14.9 Å². The number of ether oxygens (including phenoxy) is 2. The molecule has 37 heavy (non-hydrogen) atoms. The first kappa shape index (κ1) is 26.3. The lowest BCUT2D eigenvalue weighted by atomic mass is 10.1. The first-order valence-electron chi connectivity index (χ1n) is 11.4. The lowest BCUT2D eigenvalue weighted by Gasteiger charge is -2.22. The summed E-state index contributed by atoms with van der Waals surface area (Å²) in [4.78, 5) is 34.8. The Bertz CT molecular complexity index is 1340. The van der Waals surface area contributed by atoms with Gasteiger partial charge in [-0.1, -0.05) is 0 Å². The second-order valence-electron chi connectivity index (χ2n) is 8.48. The van der Waals surface area contributed by atoms with Crippen molar-refractivity contribution >= 4 is 22.8 Å². The van der Waals surface area contributed by atoms with Crippen molar-refractivity contribution < 1.29 is 41.0 Å². The number of likely N-dealkylation sites (tertiary alicyclic amines) is 1. The Labute approximate surface area is 208 Å². The van der Waals surface area contributed by atoms with Crippen molar-refractivity contribution in [3.05, 3.63) is 41.4 Å². The molecule has 198 valence electrons. The van der Waals surface area contributed by atoms with E-state index in [0.29, 0.717) is 0 Å². The van der Waals surface area contributed by atoms with E-state index in [0.717, 1.165) is 11.0 Å². The van der Waals surface area contributed by atoms with Crippen LogP contribution in [0.25, 0.3) is 22.4 Å². The van der Waals surface area contributed by atoms with Gasteiger partial charge in [-0.25, -0.2) is 19.2 Å². The van der Waals surface area contributed by atoms with Crippen LogP contribution in [0.5, 0.6) is 5.75 Å². The number of halogens is 4. The number of carbonyl (C=O) groups excluding carboxylic acids is 2. The number of rotatable bonds is 6. The molecular formula is C24H24F4N4O5. The summed E-state index contributed by atoms with van der Waals surface area (Å²) >= 11 is 0. The van der Waals surface area contributed by atoms with Crippen LogP contribution in [0, 0.1) is 0 Å². The van der Waals surface area contributed by atoms with Crippen LogP contribution in [0.2, 0.25) is 0 Å². The number of fused-ring (bicyclic) bond motifs is 1. The second kappa shape index (κ2) is 9.96. The van der Waals surface area contributed by atoms with Gasteiger partial charge in [-0.3, -0.25) is 4.79 Å². The minimum Gasteiger partial charge on any atom is -0.494 e. The van der Waals surface area contributed by atoms with Crippen LogP contribution in [0.4, 0.5) is 17.6 Å². The molecule has 1 fully saturated rings. The number of hydrogen-bond donors (Lipinski definition) is 1. The van der Waals surface area contributed by atoms with Gasteiger partial charge in [-0.05, 0) is 38.1 Å². The number of oxazole rings is 1. The fraction of sp³-hybridized carbons (Fsp3) is 0.417. The SMILES string of the molecule is CCOC(=O)[C@@H]1C[C@@H](F)CN1C(=O)c1nc(-c2ccc(OC)c3nc(C(F)(F)F)ccc23)oc1[C@H](C)N. The minimum absolute atomic E-state index is 0.0336. The van der Waals surface area contributed by atoms with Gasteiger partial charge in [0.05, 0.1) is 26.3 Å². The Morgan fingerprint density at radius 1 is 1.24 bits per heavy atom. The third-order valence-corrected chi connectivity index (χ3v) is 5.90. The van der Waals surface area contributed by atoms with E-state index in [1.165, 1.54) is 32.2 Å². The van der Waals surface area contributed by atoms with Gasteiger partial charge in [0.1, 0.15) is 29.2 Å². The topological polar surface area (TPSA) is 121 Å². The molecular weight excluding hydrogens is 500 g/mol. The first-order valence-corrected chi connectivity index (χ1v) is 11.4. The molecule has 0 unspecified atom stereocenters. The van der Waals surface area contributed by atoms with Crippen molar-refractivity contribution in [1.29, 1.82) is 0 Å². The molecule has 2 N–H and O–H groups in total. The summed E-state index contributed by atoms with van der Waals surface area (Å²) in [5, 5.41) is 0.221. The molecule has 4 rings (SSSR count). The van der Waals surface area contributed by atoms with E-state index in [2.05, 4.69) is 9.97 Å². The Morgan fingerprint density at radius 3 is 2.59 bits per heavy atom. The zero-order valence-electron chi connectivity index (χ0n) is 20.1. The predicted molar refractivity (Wildman–Crippen MR) is 122 cm³/mol. The minimum atomic E-state index is -4.68. The van der Waals surface area contributed by atoms with E-state index in [1.807, 2.05) is 0 Å². The van der Waals surface area contributed by atoms with E-state index in [1.54, 1.807) is 6.92 Å². The number of nitrogens with zero attached hydrogens (tertiary/aromatic N) is 3. The summed E-state index contributed by atoms with van der Waals surface area (Å²) in [5.74, 6) is -1.59. The normalized spacial score (nSPS) is 18.8. The highest BCUT2D eigenvalue weighted by atomic mass is 19.4. The maximum atomic E-state index is 14.2. The zero-order valence-corrected chi connectivity index (χ0v) is 20.1. The number of esters is 1. The van der Waals surface area contributed by atoms with Crippen molar-refractivity contribution in [2.75, 3.05) is 20.3 Å². The van der Waals surface area contributed by atoms with Gasteiger partial charge in [0.25, 0.3) is 5.91 Å². The maximum Gasteiger partial charge on any atom is 0.433 e. The van der Waals surface area contributed by atoms with Gasteiger partial charge in [0.2, 0.25) is 5.89 Å². The van der Waals surface area contributed by atoms with Gasteiger partial charge >= 0.3 is 12.1 Å². The molecule has 1 aromatic carbocycles. The molecule has 1 aliphatic heterocycles. The molecule has 3 aromatic rings. The van der Waals surface area contributed by atoms with Crippen molar-refractivity contribution in [2.24, 2.45) is 5.73 Å². The van der Waals surface area contributed by atoms with Crippen molar-refractivity contribution in [3.8, 4) is 17.2 Å². The molecule has 1 aliphatic rings. The van der Waals surface area contributed by atoms with Gasteiger partial charge in [0.15, 0.2) is 11.5 Å². The Balaban J connectivity index is 1.81. The van der Waals surface area contributed by atoms with Gasteiger partial charge in [-0.15, -0.1) is 0 Å². The number of nitrogens with two attached hydrogens (primary N) is 1. The Kier molecular flexibility index (Phi) is 7.09. The summed E-state index contributed by atoms with van der Waals surface area (Å²) in [6.07, 6.45) is -6.35. The third kappa shape index (κ3) is 4.95. The quantitative estimate of drug-likeness (QED) is 0.379. The van der Waals surface area contributed by atoms with Crippen LogP contribution in [0.3, 0.4) is 0 Å². The third-order valence-electron chi connectivity index (χ3n) is 5.90. The second-order valence-corrected chi connectivity index (χ2v) is 8.48. The van der Waals surface area contributed by atoms with Crippen LogP contribution in [-0.2, 0) is 15.7 Å². The Hall–Kier alpha value is -3.74. The number of aromatic nitrogens is 2. The lowest BCUT2D eigenvalue weighted by molar-refractivity contribution is -0.147. The maximum absolute atomic E-state index is 14.2. The molecule has 0 spiro atoms. The highest BCUT2D eigenvalue weighted by molar-refractivity contribution is 5.99. The predicted octanol–water partition coefficient (Wildman–Crippen LogP) is 4.05. The standard InChI is InChI=1S/C24H24F4N4O5/c1-4-36-23(34)15-9-12(25)10-32(15)22(33)19-20(11(2)29)37-21(31-19)14-5-7-16(35-3)18-13(14)6-8-17(30-18)24(26,27)28/h5-8,11-12,15H,4,9-10,29H2,1-3H3/t11-,12+,15-/m0/s1. The fourth-order valence-electron chi connectivity index (χ4n) is 4.22. The molecule has 9 nitrogen and oxygen atoms in total. The van der Waals surface area contributed by atoms with E-state index < -0.39 is 42.0 Å². The molecule has 0 aliphatic carbocycles. The molecule has 0 bridgehead atoms. The van der Waals surface area contributed by atoms with Crippen LogP contribution in [0.1, 0.15) is 48.3 Å². The van der Waals surface area contributed by atoms with E-state index in [9.17, 15) is 27.2 Å². The van der Waals surface area contributed by atoms with Crippen LogP contribution in [0.15, 0.2) is 28.7 Å². The largest absolute Gasteiger partial charge is 0.494 e. The number of carbonyl (C=O) groups is 2. The first-order chi connectivity index (χ1) is 17.5. The average Bonchev–Trinajstić information content (AvgIpc) is 3.46. The molecule has 3 heterocycles. The van der Waals surface area contributed by atoms with Crippen molar-refractivity contribution in [3.63, 3.8) is 0 Å². The van der Waals surface area contributed by atoms with Crippen LogP contribution < -0.4 is 10.5 Å². The molecule has 1 saturated heterocycles. The highest BCUT2D eigenvalue weighted by Gasteiger charge is 2.43. The Morgan fingerprint density at radius 2 is 1.97 bits per heavy atom. The average molecular weight is 524 g/mol. The van der Waals surface area contributed by atoms with E-state index in [-0.39, 0.29) is 59.1 Å². The number of pyridine rings is 1. The number of alkyl halides is 4. The number of hydrogen-bond acceptors (Lipinski definition) is 8. The highest BCUT2D eigenvalue weighted by Crippen LogP contribution is 2.38. The molecule has 13 heteroatoms. The number of benzene rings is 1. The summed E-state index contributed by atoms with van der Waals surface area (Å²) in [6, 6.07) is 2.93. The summed E-state index contributed by atoms with van der Waals surface area (Å²) in [7, 11) is 1.29. The zero-order chi connectivity index (χ0) is 27.1. The van der Waals surface area contributed by atoms with Crippen LogP contribution in [-0.4, -0.2) is 59.2 Å². The van der Waals surface area contributed by atoms with Gasteiger partial charge in [0, 0.05) is 17.4 Å². The van der Waals surface area contributed by atoms with Crippen LogP contribution >= 0.6 is 0 Å². The van der Waals surface area contributed by atoms with E-state index >= 15 is 0 Å². The number of methoxy groups -OCH3 is 1. The molecule has 3 atom stereocenters. The molecule has 1 amide bonds. The fourth-order valence-corrected chi connectivity index (χ4v) is 4.22. The molecule has 2 aromatic heterocycles. The summed E-state index contributed by atoms with van der Waals surface area (Å²) in [5.41, 5.74) is 4.79. The number of amides is 1. The van der Waals surface area contributed by atoms with Gasteiger partial charge < -0.3 is 24.5 Å². The monoisotopic (exact) mass is 524 g/mol. The molecule has 0 saturated carbocycles. The van der Waals surface area contributed by atoms with Gasteiger partial charge in [-0.2, -0.15) is 13.2 Å².